The first kappa shape index (κ1) is 8.99. The minimum atomic E-state index is -0.0206. The summed E-state index contributed by atoms with van der Waals surface area (Å²) in [4.78, 5) is 0. The molecule has 0 amide bonds. The third kappa shape index (κ3) is 1.32. The van der Waals surface area contributed by atoms with Gasteiger partial charge in [0.25, 0.3) is 0 Å². The van der Waals surface area contributed by atoms with E-state index < -0.39 is 0 Å². The van der Waals surface area contributed by atoms with Crippen molar-refractivity contribution in [1.29, 1.82) is 0 Å². The van der Waals surface area contributed by atoms with E-state index in [9.17, 15) is 0 Å². The average Bonchev–Trinajstić information content (AvgIpc) is 2.45. The van der Waals surface area contributed by atoms with Crippen LogP contribution in [0.2, 0.25) is 0 Å². The first-order valence-electron chi connectivity index (χ1n) is 4.59. The Labute approximate surface area is 82.8 Å². The molecule has 0 aliphatic rings. The standard InChI is InChI=1S/C10H14N4/c1-10(2,3)9-13-12-8-5-4-7(11)6-14(8)9/h4-6H,11H2,1-3H3. The summed E-state index contributed by atoms with van der Waals surface area (Å²) in [5, 5.41) is 8.25. The van der Waals surface area contributed by atoms with Gasteiger partial charge in [0.15, 0.2) is 5.65 Å². The lowest BCUT2D eigenvalue weighted by Gasteiger charge is -2.15. The lowest BCUT2D eigenvalue weighted by molar-refractivity contribution is 0.539. The van der Waals surface area contributed by atoms with Crippen LogP contribution in [0, 0.1) is 0 Å². The largest absolute Gasteiger partial charge is 0.398 e. The van der Waals surface area contributed by atoms with Crippen molar-refractivity contribution in [1.82, 2.24) is 14.6 Å². The van der Waals surface area contributed by atoms with Gasteiger partial charge in [-0.1, -0.05) is 20.8 Å². The molecule has 4 heteroatoms. The molecular formula is C10H14N4. The van der Waals surface area contributed by atoms with Crippen LogP contribution in [0.5, 0.6) is 0 Å². The molecule has 74 valence electrons. The summed E-state index contributed by atoms with van der Waals surface area (Å²) in [6.07, 6.45) is 1.86. The fraction of sp³-hybridized carbons (Fsp3) is 0.400. The van der Waals surface area contributed by atoms with Gasteiger partial charge in [0, 0.05) is 17.3 Å². The van der Waals surface area contributed by atoms with Crippen molar-refractivity contribution in [3.63, 3.8) is 0 Å². The van der Waals surface area contributed by atoms with Gasteiger partial charge in [0.05, 0.1) is 0 Å². The number of hydrogen-bond acceptors (Lipinski definition) is 3. The number of nitrogen functional groups attached to an aromatic ring is 1. The second-order valence-electron chi connectivity index (χ2n) is 4.46. The highest BCUT2D eigenvalue weighted by Crippen LogP contribution is 2.21. The zero-order valence-corrected chi connectivity index (χ0v) is 8.65. The summed E-state index contributed by atoms with van der Waals surface area (Å²) in [5.74, 6) is 0.930. The Morgan fingerprint density at radius 3 is 2.57 bits per heavy atom. The maximum Gasteiger partial charge on any atom is 0.160 e. The third-order valence-electron chi connectivity index (χ3n) is 2.10. The SMILES string of the molecule is CC(C)(C)c1nnc2ccc(N)cn12. The van der Waals surface area contributed by atoms with Gasteiger partial charge in [0.1, 0.15) is 5.82 Å². The molecule has 0 fully saturated rings. The maximum absolute atomic E-state index is 5.72. The van der Waals surface area contributed by atoms with E-state index in [1.807, 2.05) is 22.7 Å². The molecule has 0 unspecified atom stereocenters. The monoisotopic (exact) mass is 190 g/mol. The fourth-order valence-corrected chi connectivity index (χ4v) is 1.42. The lowest BCUT2D eigenvalue weighted by atomic mass is 9.96. The Kier molecular flexibility index (Phi) is 1.74. The molecule has 0 aromatic carbocycles. The summed E-state index contributed by atoms with van der Waals surface area (Å²) in [5.41, 5.74) is 7.26. The van der Waals surface area contributed by atoms with Crippen LogP contribution in [0.3, 0.4) is 0 Å². The van der Waals surface area contributed by atoms with E-state index in [0.717, 1.165) is 17.2 Å². The molecule has 2 heterocycles. The number of nitrogens with two attached hydrogens (primary N) is 1. The van der Waals surface area contributed by atoms with E-state index in [2.05, 4.69) is 31.0 Å². The summed E-state index contributed by atoms with van der Waals surface area (Å²) < 4.78 is 1.94. The number of rotatable bonds is 0. The van der Waals surface area contributed by atoms with Crippen LogP contribution in [-0.2, 0) is 5.41 Å². The summed E-state index contributed by atoms with van der Waals surface area (Å²) >= 11 is 0. The Hall–Kier alpha value is -1.58. The molecule has 0 aliphatic heterocycles. The average molecular weight is 190 g/mol. The highest BCUT2D eigenvalue weighted by Gasteiger charge is 2.20. The Bertz CT molecular complexity index is 464. The van der Waals surface area contributed by atoms with Gasteiger partial charge in [-0.3, -0.25) is 4.40 Å². The van der Waals surface area contributed by atoms with Crippen LogP contribution < -0.4 is 5.73 Å². The molecule has 2 aromatic rings. The van der Waals surface area contributed by atoms with Crippen molar-refractivity contribution in [2.24, 2.45) is 0 Å². The Balaban J connectivity index is 2.73. The van der Waals surface area contributed by atoms with Gasteiger partial charge in [-0.05, 0) is 12.1 Å². The Morgan fingerprint density at radius 1 is 1.21 bits per heavy atom. The molecule has 2 aromatic heterocycles. The first-order chi connectivity index (χ1) is 6.48. The molecule has 0 bridgehead atoms. The number of pyridine rings is 1. The number of nitrogens with zero attached hydrogens (tertiary/aromatic N) is 3. The fourth-order valence-electron chi connectivity index (χ4n) is 1.42. The molecule has 14 heavy (non-hydrogen) atoms. The van der Waals surface area contributed by atoms with Crippen LogP contribution in [0.4, 0.5) is 5.69 Å². The lowest BCUT2D eigenvalue weighted by Crippen LogP contribution is -2.15. The van der Waals surface area contributed by atoms with Gasteiger partial charge in [-0.15, -0.1) is 10.2 Å². The van der Waals surface area contributed by atoms with Gasteiger partial charge >= 0.3 is 0 Å². The second kappa shape index (κ2) is 2.70. The summed E-state index contributed by atoms with van der Waals surface area (Å²) in [6, 6.07) is 3.70. The topological polar surface area (TPSA) is 56.2 Å². The van der Waals surface area contributed by atoms with Crippen LogP contribution in [-0.4, -0.2) is 14.6 Å². The number of aromatic nitrogens is 3. The summed E-state index contributed by atoms with van der Waals surface area (Å²) in [7, 11) is 0. The molecule has 0 radical (unpaired) electrons. The molecular weight excluding hydrogens is 176 g/mol. The molecule has 0 aliphatic carbocycles. The van der Waals surface area contributed by atoms with Crippen LogP contribution in [0.15, 0.2) is 18.3 Å². The molecule has 0 atom stereocenters. The number of hydrogen-bond donors (Lipinski definition) is 1. The van der Waals surface area contributed by atoms with Crippen molar-refractivity contribution >= 4 is 11.3 Å². The maximum atomic E-state index is 5.72. The third-order valence-corrected chi connectivity index (χ3v) is 2.10. The quantitative estimate of drug-likeness (QED) is 0.686. The van der Waals surface area contributed by atoms with E-state index in [1.54, 1.807) is 0 Å². The van der Waals surface area contributed by atoms with Gasteiger partial charge < -0.3 is 5.73 Å². The van der Waals surface area contributed by atoms with Crippen molar-refractivity contribution in [2.75, 3.05) is 5.73 Å². The van der Waals surface area contributed by atoms with E-state index in [4.69, 9.17) is 5.73 Å². The molecule has 0 spiro atoms. The van der Waals surface area contributed by atoms with Crippen molar-refractivity contribution in [3.05, 3.63) is 24.2 Å². The molecule has 2 rings (SSSR count). The minimum Gasteiger partial charge on any atom is -0.398 e. The zero-order chi connectivity index (χ0) is 10.3. The molecule has 0 saturated heterocycles. The van der Waals surface area contributed by atoms with Crippen LogP contribution >= 0.6 is 0 Å². The van der Waals surface area contributed by atoms with Crippen LogP contribution in [0.25, 0.3) is 5.65 Å². The minimum absolute atomic E-state index is 0.0206. The number of fused-ring (bicyclic) bond motifs is 1. The van der Waals surface area contributed by atoms with E-state index in [0.29, 0.717) is 0 Å². The highest BCUT2D eigenvalue weighted by molar-refractivity contribution is 5.47. The number of anilines is 1. The van der Waals surface area contributed by atoms with E-state index in [-0.39, 0.29) is 5.41 Å². The van der Waals surface area contributed by atoms with Gasteiger partial charge in [-0.25, -0.2) is 0 Å². The molecule has 0 saturated carbocycles. The van der Waals surface area contributed by atoms with Crippen LogP contribution in [0.1, 0.15) is 26.6 Å². The smallest absolute Gasteiger partial charge is 0.160 e. The van der Waals surface area contributed by atoms with Gasteiger partial charge in [-0.2, -0.15) is 0 Å². The van der Waals surface area contributed by atoms with E-state index >= 15 is 0 Å². The highest BCUT2D eigenvalue weighted by atomic mass is 15.3. The Morgan fingerprint density at radius 2 is 1.93 bits per heavy atom. The zero-order valence-electron chi connectivity index (χ0n) is 8.65. The normalized spacial score (nSPS) is 12.2. The first-order valence-corrected chi connectivity index (χ1v) is 4.59. The van der Waals surface area contributed by atoms with Crippen molar-refractivity contribution < 1.29 is 0 Å². The van der Waals surface area contributed by atoms with Crippen molar-refractivity contribution in [3.8, 4) is 0 Å². The van der Waals surface area contributed by atoms with E-state index in [1.165, 1.54) is 0 Å². The molecule has 2 N–H and O–H groups in total. The van der Waals surface area contributed by atoms with Crippen molar-refractivity contribution in [2.45, 2.75) is 26.2 Å². The summed E-state index contributed by atoms with van der Waals surface area (Å²) in [6.45, 7) is 6.31. The molecule has 4 nitrogen and oxygen atoms in total. The predicted molar refractivity (Wildman–Crippen MR) is 56.1 cm³/mol. The van der Waals surface area contributed by atoms with Gasteiger partial charge in [0.2, 0.25) is 0 Å². The second-order valence-corrected chi connectivity index (χ2v) is 4.46. The predicted octanol–water partition coefficient (Wildman–Crippen LogP) is 1.61.